The molecule has 4 aromatic rings. The number of pyridine rings is 1. The quantitative estimate of drug-likeness (QED) is 0.469. The number of carbonyl (C=O) groups excluding carboxylic acids is 1. The van der Waals surface area contributed by atoms with E-state index in [1.807, 2.05) is 23.7 Å². The first-order chi connectivity index (χ1) is 15.1. The van der Waals surface area contributed by atoms with E-state index in [9.17, 15) is 9.59 Å². The van der Waals surface area contributed by atoms with Gasteiger partial charge in [0.15, 0.2) is 0 Å². The summed E-state index contributed by atoms with van der Waals surface area (Å²) in [5.74, 6) is 0.481. The Morgan fingerprint density at radius 1 is 1.06 bits per heavy atom. The topological polar surface area (TPSA) is 78.2 Å². The maximum absolute atomic E-state index is 12.6. The van der Waals surface area contributed by atoms with E-state index in [4.69, 9.17) is 4.74 Å². The number of methoxy groups -OCH3 is 1. The monoisotopic (exact) mass is 416 g/mol. The van der Waals surface area contributed by atoms with Crippen LogP contribution in [0.15, 0.2) is 71.7 Å². The van der Waals surface area contributed by atoms with Crippen molar-refractivity contribution in [1.29, 1.82) is 0 Å². The molecule has 0 radical (unpaired) electrons. The fourth-order valence-corrected chi connectivity index (χ4v) is 3.56. The zero-order valence-corrected chi connectivity index (χ0v) is 17.5. The Morgan fingerprint density at radius 2 is 1.84 bits per heavy atom. The van der Waals surface area contributed by atoms with E-state index in [0.717, 1.165) is 23.0 Å². The van der Waals surface area contributed by atoms with Crippen LogP contribution in [0.25, 0.3) is 16.6 Å². The molecule has 1 amide bonds. The highest BCUT2D eigenvalue weighted by Crippen LogP contribution is 2.17. The summed E-state index contributed by atoms with van der Waals surface area (Å²) >= 11 is 0. The second-order valence-electron chi connectivity index (χ2n) is 7.26. The molecule has 2 aromatic heterocycles. The molecule has 0 spiro atoms. The number of ether oxygens (including phenoxy) is 1. The van der Waals surface area contributed by atoms with Crippen molar-refractivity contribution in [3.8, 4) is 11.4 Å². The Morgan fingerprint density at radius 3 is 2.61 bits per heavy atom. The van der Waals surface area contributed by atoms with E-state index in [-0.39, 0.29) is 11.5 Å². The zero-order valence-electron chi connectivity index (χ0n) is 17.5. The summed E-state index contributed by atoms with van der Waals surface area (Å²) in [6.45, 7) is 3.21. The number of nitrogens with one attached hydrogen (secondary N) is 1. The molecule has 0 aliphatic rings. The van der Waals surface area contributed by atoms with Crippen molar-refractivity contribution in [2.45, 2.75) is 19.9 Å². The Bertz CT molecular complexity index is 1270. The van der Waals surface area contributed by atoms with Gasteiger partial charge in [-0.05, 0) is 49.7 Å². The number of rotatable bonds is 7. The molecule has 4 rings (SSSR count). The van der Waals surface area contributed by atoms with Crippen LogP contribution in [0.3, 0.4) is 0 Å². The molecule has 0 fully saturated rings. The Hall–Kier alpha value is -3.87. The number of hydrogen-bond acceptors (Lipinski definition) is 4. The van der Waals surface area contributed by atoms with Crippen LogP contribution in [-0.4, -0.2) is 33.9 Å². The summed E-state index contributed by atoms with van der Waals surface area (Å²) in [6, 6.07) is 18.2. The molecule has 2 heterocycles. The molecule has 0 aliphatic carbocycles. The van der Waals surface area contributed by atoms with Gasteiger partial charge in [0, 0.05) is 36.4 Å². The van der Waals surface area contributed by atoms with E-state index < -0.39 is 0 Å². The minimum Gasteiger partial charge on any atom is -0.497 e. The molecule has 0 aliphatic heterocycles. The largest absolute Gasteiger partial charge is 0.497 e. The summed E-state index contributed by atoms with van der Waals surface area (Å²) < 4.78 is 8.58. The van der Waals surface area contributed by atoms with Gasteiger partial charge in [-0.1, -0.05) is 18.2 Å². The average Bonchev–Trinajstić information content (AvgIpc) is 3.12. The van der Waals surface area contributed by atoms with Crippen LogP contribution in [0.2, 0.25) is 0 Å². The predicted molar refractivity (Wildman–Crippen MR) is 120 cm³/mol. The van der Waals surface area contributed by atoms with E-state index in [2.05, 4.69) is 22.5 Å². The molecule has 158 valence electrons. The van der Waals surface area contributed by atoms with Crippen molar-refractivity contribution in [1.82, 2.24) is 19.7 Å². The van der Waals surface area contributed by atoms with Gasteiger partial charge in [0.05, 0.1) is 23.9 Å². The third kappa shape index (κ3) is 4.35. The van der Waals surface area contributed by atoms with E-state index in [0.29, 0.717) is 30.1 Å². The lowest BCUT2D eigenvalue weighted by atomic mass is 10.2. The smallest absolute Gasteiger partial charge is 0.255 e. The maximum atomic E-state index is 12.6. The van der Waals surface area contributed by atoms with Gasteiger partial charge in [-0.3, -0.25) is 18.8 Å². The summed E-state index contributed by atoms with van der Waals surface area (Å²) in [5.41, 5.74) is 2.98. The van der Waals surface area contributed by atoms with Crippen molar-refractivity contribution in [2.75, 3.05) is 13.7 Å². The van der Waals surface area contributed by atoms with Gasteiger partial charge in [0.2, 0.25) is 0 Å². The first kappa shape index (κ1) is 20.4. The SMILES string of the molecule is COc1ccc(-n2cc(C(=O)NCCCn3nc(C)c4ccccc43)ccc2=O)cc1. The molecule has 7 nitrogen and oxygen atoms in total. The third-order valence-electron chi connectivity index (χ3n) is 5.20. The van der Waals surface area contributed by atoms with Crippen molar-refractivity contribution in [3.63, 3.8) is 0 Å². The van der Waals surface area contributed by atoms with E-state index >= 15 is 0 Å². The number of hydrogen-bond donors (Lipinski definition) is 1. The minimum atomic E-state index is -0.219. The van der Waals surface area contributed by atoms with Gasteiger partial charge in [0.25, 0.3) is 11.5 Å². The number of carbonyl (C=O) groups is 1. The van der Waals surface area contributed by atoms with Crippen molar-refractivity contribution in [3.05, 3.63) is 88.5 Å². The van der Waals surface area contributed by atoms with Crippen LogP contribution in [0, 0.1) is 6.92 Å². The number of fused-ring (bicyclic) bond motifs is 1. The van der Waals surface area contributed by atoms with E-state index in [1.54, 1.807) is 43.6 Å². The molecular formula is C24H24N4O3. The fourth-order valence-electron chi connectivity index (χ4n) is 3.56. The summed E-state index contributed by atoms with van der Waals surface area (Å²) in [6.07, 6.45) is 2.30. The van der Waals surface area contributed by atoms with Gasteiger partial charge >= 0.3 is 0 Å². The maximum Gasteiger partial charge on any atom is 0.255 e. The van der Waals surface area contributed by atoms with E-state index in [1.165, 1.54) is 10.6 Å². The standard InChI is InChI=1S/C24H24N4O3/c1-17-21-6-3-4-7-22(21)28(26-17)15-5-14-25-24(30)18-8-13-23(29)27(16-18)19-9-11-20(31-2)12-10-19/h3-4,6-13,16H,5,14-15H2,1-2H3,(H,25,30). The Kier molecular flexibility index (Phi) is 5.84. The second-order valence-corrected chi connectivity index (χ2v) is 7.26. The minimum absolute atomic E-state index is 0.206. The molecular weight excluding hydrogens is 392 g/mol. The lowest BCUT2D eigenvalue weighted by Gasteiger charge is -2.10. The van der Waals surface area contributed by atoms with Gasteiger partial charge in [0.1, 0.15) is 5.75 Å². The first-order valence-corrected chi connectivity index (χ1v) is 10.1. The number of para-hydroxylation sites is 1. The summed E-state index contributed by atoms with van der Waals surface area (Å²) in [5, 5.41) is 8.66. The molecule has 0 atom stereocenters. The summed E-state index contributed by atoms with van der Waals surface area (Å²) in [4.78, 5) is 24.9. The van der Waals surface area contributed by atoms with Gasteiger partial charge in [-0.2, -0.15) is 5.10 Å². The highest BCUT2D eigenvalue weighted by Gasteiger charge is 2.10. The fraction of sp³-hybridized carbons (Fsp3) is 0.208. The van der Waals surface area contributed by atoms with Crippen LogP contribution in [0.4, 0.5) is 0 Å². The molecule has 0 saturated carbocycles. The van der Waals surface area contributed by atoms with Gasteiger partial charge in [-0.15, -0.1) is 0 Å². The predicted octanol–water partition coefficient (Wildman–Crippen LogP) is 3.32. The number of aromatic nitrogens is 3. The van der Waals surface area contributed by atoms with Gasteiger partial charge < -0.3 is 10.1 Å². The number of amides is 1. The van der Waals surface area contributed by atoms with Crippen molar-refractivity contribution >= 4 is 16.8 Å². The molecule has 1 N–H and O–H groups in total. The highest BCUT2D eigenvalue weighted by molar-refractivity contribution is 5.93. The molecule has 7 heteroatoms. The Labute approximate surface area is 179 Å². The second kappa shape index (κ2) is 8.87. The normalized spacial score (nSPS) is 10.9. The lowest BCUT2D eigenvalue weighted by molar-refractivity contribution is 0.0952. The van der Waals surface area contributed by atoms with Crippen molar-refractivity contribution < 1.29 is 9.53 Å². The van der Waals surface area contributed by atoms with Crippen LogP contribution in [0.1, 0.15) is 22.5 Å². The zero-order chi connectivity index (χ0) is 21.8. The summed E-state index contributed by atoms with van der Waals surface area (Å²) in [7, 11) is 1.59. The Balaban J connectivity index is 1.40. The highest BCUT2D eigenvalue weighted by atomic mass is 16.5. The molecule has 0 saturated heterocycles. The van der Waals surface area contributed by atoms with Crippen LogP contribution < -0.4 is 15.6 Å². The number of benzene rings is 2. The van der Waals surface area contributed by atoms with Crippen LogP contribution in [0.5, 0.6) is 5.75 Å². The average molecular weight is 416 g/mol. The molecule has 2 aromatic carbocycles. The third-order valence-corrected chi connectivity index (χ3v) is 5.20. The van der Waals surface area contributed by atoms with Crippen LogP contribution in [-0.2, 0) is 6.54 Å². The number of aryl methyl sites for hydroxylation is 2. The molecule has 0 bridgehead atoms. The van der Waals surface area contributed by atoms with Crippen molar-refractivity contribution in [2.24, 2.45) is 0 Å². The first-order valence-electron chi connectivity index (χ1n) is 10.1. The molecule has 0 unspecified atom stereocenters. The lowest BCUT2D eigenvalue weighted by Crippen LogP contribution is -2.27. The van der Waals surface area contributed by atoms with Gasteiger partial charge in [-0.25, -0.2) is 0 Å². The molecule has 31 heavy (non-hydrogen) atoms. The van der Waals surface area contributed by atoms with Crippen LogP contribution >= 0.6 is 0 Å². The number of nitrogens with zero attached hydrogens (tertiary/aromatic N) is 3.